The number of hydrogen-bond acceptors (Lipinski definition) is 3. The average Bonchev–Trinajstić information content (AvgIpc) is 2.75. The number of anilines is 1. The van der Waals surface area contributed by atoms with E-state index in [2.05, 4.69) is 10.6 Å². The number of aliphatic carboxylic acids is 1. The number of carboxylic acids is 1. The van der Waals surface area contributed by atoms with Crippen molar-refractivity contribution >= 4 is 29.2 Å². The minimum absolute atomic E-state index is 0.142. The molecule has 1 fully saturated rings. The summed E-state index contributed by atoms with van der Waals surface area (Å²) in [6.45, 7) is 4.37. The van der Waals surface area contributed by atoms with Crippen LogP contribution in [0.2, 0.25) is 5.02 Å². The number of nitrogens with one attached hydrogen (secondary N) is 2. The van der Waals surface area contributed by atoms with E-state index in [1.807, 2.05) is 26.0 Å². The first kappa shape index (κ1) is 23.1. The van der Waals surface area contributed by atoms with Gasteiger partial charge in [-0.05, 0) is 93.0 Å². The van der Waals surface area contributed by atoms with Crippen molar-refractivity contribution in [3.8, 4) is 0 Å². The number of halogens is 2. The lowest BCUT2D eigenvalue weighted by Gasteiger charge is -2.26. The third-order valence-electron chi connectivity index (χ3n) is 6.03. The monoisotopic (exact) mass is 446 g/mol. The van der Waals surface area contributed by atoms with Gasteiger partial charge in [0.15, 0.2) is 0 Å². The molecule has 0 heterocycles. The van der Waals surface area contributed by atoms with Crippen LogP contribution in [0.25, 0.3) is 0 Å². The Balaban J connectivity index is 1.57. The molecule has 1 amide bonds. The Morgan fingerprint density at radius 3 is 2.52 bits per heavy atom. The Hall–Kier alpha value is -2.60. The molecule has 1 aliphatic rings. The largest absolute Gasteiger partial charge is 0.481 e. The second kappa shape index (κ2) is 10.1. The lowest BCUT2D eigenvalue weighted by atomic mass is 9.82. The predicted molar refractivity (Wildman–Crippen MR) is 120 cm³/mol. The van der Waals surface area contributed by atoms with Crippen LogP contribution in [0.3, 0.4) is 0 Å². The molecule has 0 radical (unpaired) electrons. The molecular formula is C24H28ClFN2O3. The zero-order chi connectivity index (χ0) is 22.5. The third kappa shape index (κ3) is 5.97. The van der Waals surface area contributed by atoms with Gasteiger partial charge in [0.1, 0.15) is 5.82 Å². The summed E-state index contributed by atoms with van der Waals surface area (Å²) in [7, 11) is 0. The Labute approximate surface area is 187 Å². The molecule has 166 valence electrons. The zero-order valence-electron chi connectivity index (χ0n) is 17.8. The summed E-state index contributed by atoms with van der Waals surface area (Å²) >= 11 is 6.20. The van der Waals surface area contributed by atoms with E-state index in [-0.39, 0.29) is 23.7 Å². The summed E-state index contributed by atoms with van der Waals surface area (Å²) in [6, 6.07) is 9.49. The second-order valence-electron chi connectivity index (χ2n) is 8.33. The SMILES string of the molecule is Cc1cc(C(=O)NCC2CCC(C(=O)O)CC2)ccc1NC(C)c1cc(F)ccc1Cl. The van der Waals surface area contributed by atoms with Crippen LogP contribution < -0.4 is 10.6 Å². The maximum Gasteiger partial charge on any atom is 0.306 e. The molecule has 0 aromatic heterocycles. The topological polar surface area (TPSA) is 78.4 Å². The molecule has 0 saturated heterocycles. The standard InChI is InChI=1S/C24H28ClFN2O3/c1-14-11-18(23(29)27-13-16-3-5-17(6-4-16)24(30)31)7-10-22(14)28-15(2)20-12-19(26)8-9-21(20)25/h7-12,15-17,28H,3-6,13H2,1-2H3,(H,27,29)(H,30,31). The van der Waals surface area contributed by atoms with E-state index in [0.717, 1.165) is 24.1 Å². The fourth-order valence-electron chi connectivity index (χ4n) is 4.08. The van der Waals surface area contributed by atoms with Crippen molar-refractivity contribution in [1.82, 2.24) is 5.32 Å². The van der Waals surface area contributed by atoms with Crippen molar-refractivity contribution in [2.24, 2.45) is 11.8 Å². The van der Waals surface area contributed by atoms with Crippen LogP contribution in [0, 0.1) is 24.6 Å². The van der Waals surface area contributed by atoms with Gasteiger partial charge in [0.2, 0.25) is 0 Å². The first-order valence-corrected chi connectivity index (χ1v) is 11.0. The lowest BCUT2D eigenvalue weighted by Crippen LogP contribution is -2.32. The molecule has 2 aromatic carbocycles. The zero-order valence-corrected chi connectivity index (χ0v) is 18.5. The lowest BCUT2D eigenvalue weighted by molar-refractivity contribution is -0.143. The van der Waals surface area contributed by atoms with Crippen molar-refractivity contribution in [1.29, 1.82) is 0 Å². The maximum absolute atomic E-state index is 13.6. The molecule has 0 spiro atoms. The van der Waals surface area contributed by atoms with Crippen LogP contribution in [0.15, 0.2) is 36.4 Å². The van der Waals surface area contributed by atoms with Gasteiger partial charge in [0, 0.05) is 22.8 Å². The molecule has 1 unspecified atom stereocenters. The highest BCUT2D eigenvalue weighted by Gasteiger charge is 2.26. The van der Waals surface area contributed by atoms with Crippen LogP contribution in [-0.4, -0.2) is 23.5 Å². The first-order chi connectivity index (χ1) is 14.7. The fraction of sp³-hybridized carbons (Fsp3) is 0.417. The smallest absolute Gasteiger partial charge is 0.306 e. The molecule has 0 aliphatic heterocycles. The van der Waals surface area contributed by atoms with Gasteiger partial charge in [0.05, 0.1) is 12.0 Å². The van der Waals surface area contributed by atoms with Crippen LogP contribution in [0.4, 0.5) is 10.1 Å². The second-order valence-corrected chi connectivity index (χ2v) is 8.73. The Bertz CT molecular complexity index is 958. The summed E-state index contributed by atoms with van der Waals surface area (Å²) in [5.41, 5.74) is 2.98. The van der Waals surface area contributed by atoms with E-state index < -0.39 is 5.97 Å². The number of benzene rings is 2. The molecule has 3 N–H and O–H groups in total. The highest BCUT2D eigenvalue weighted by Crippen LogP contribution is 2.30. The molecule has 5 nitrogen and oxygen atoms in total. The van der Waals surface area contributed by atoms with Crippen molar-refractivity contribution in [2.45, 2.75) is 45.6 Å². The molecule has 2 aromatic rings. The van der Waals surface area contributed by atoms with E-state index in [9.17, 15) is 14.0 Å². The summed E-state index contributed by atoms with van der Waals surface area (Å²) in [6.07, 6.45) is 2.98. The van der Waals surface area contributed by atoms with Crippen LogP contribution >= 0.6 is 11.6 Å². The van der Waals surface area contributed by atoms with Crippen molar-refractivity contribution in [3.05, 3.63) is 63.9 Å². The van der Waals surface area contributed by atoms with Gasteiger partial charge >= 0.3 is 5.97 Å². The van der Waals surface area contributed by atoms with Gasteiger partial charge < -0.3 is 15.7 Å². The fourth-order valence-corrected chi connectivity index (χ4v) is 4.36. The van der Waals surface area contributed by atoms with Crippen LogP contribution in [-0.2, 0) is 4.79 Å². The summed E-state index contributed by atoms with van der Waals surface area (Å²) < 4.78 is 13.6. The normalized spacial score (nSPS) is 19.5. The number of amides is 1. The van der Waals surface area contributed by atoms with Crippen molar-refractivity contribution < 1.29 is 19.1 Å². The number of carboxylic acid groups (broad SMARTS) is 1. The number of carbonyl (C=O) groups is 2. The van der Waals surface area contributed by atoms with Crippen molar-refractivity contribution in [2.75, 3.05) is 11.9 Å². The van der Waals surface area contributed by atoms with Crippen molar-refractivity contribution in [3.63, 3.8) is 0 Å². The van der Waals surface area contributed by atoms with Crippen LogP contribution in [0.5, 0.6) is 0 Å². The van der Waals surface area contributed by atoms with E-state index in [4.69, 9.17) is 16.7 Å². The molecule has 0 bridgehead atoms. The van der Waals surface area contributed by atoms with E-state index in [1.165, 1.54) is 12.1 Å². The van der Waals surface area contributed by atoms with Gasteiger partial charge in [-0.3, -0.25) is 9.59 Å². The summed E-state index contributed by atoms with van der Waals surface area (Å²) in [5.74, 6) is -1.14. The molecule has 3 rings (SSSR count). The van der Waals surface area contributed by atoms with Crippen LogP contribution in [0.1, 0.15) is 60.1 Å². The minimum atomic E-state index is -0.722. The number of carbonyl (C=O) groups excluding carboxylic acids is 1. The van der Waals surface area contributed by atoms with E-state index in [1.54, 1.807) is 12.1 Å². The van der Waals surface area contributed by atoms with Gasteiger partial charge in [-0.15, -0.1) is 0 Å². The molecule has 1 aliphatic carbocycles. The molecule has 1 atom stereocenters. The quantitative estimate of drug-likeness (QED) is 0.518. The summed E-state index contributed by atoms with van der Waals surface area (Å²) in [5, 5.41) is 15.9. The van der Waals surface area contributed by atoms with E-state index in [0.29, 0.717) is 41.5 Å². The Morgan fingerprint density at radius 2 is 1.87 bits per heavy atom. The van der Waals surface area contributed by atoms with Gasteiger partial charge in [-0.2, -0.15) is 0 Å². The third-order valence-corrected chi connectivity index (χ3v) is 6.38. The Kier molecular flexibility index (Phi) is 7.55. The summed E-state index contributed by atoms with van der Waals surface area (Å²) in [4.78, 5) is 23.6. The molecular weight excluding hydrogens is 419 g/mol. The van der Waals surface area contributed by atoms with Gasteiger partial charge in [-0.1, -0.05) is 11.6 Å². The average molecular weight is 447 g/mol. The molecule has 31 heavy (non-hydrogen) atoms. The van der Waals surface area contributed by atoms with Gasteiger partial charge in [-0.25, -0.2) is 4.39 Å². The molecule has 1 saturated carbocycles. The highest BCUT2D eigenvalue weighted by molar-refractivity contribution is 6.31. The van der Waals surface area contributed by atoms with Gasteiger partial charge in [0.25, 0.3) is 5.91 Å². The van der Waals surface area contributed by atoms with E-state index >= 15 is 0 Å². The first-order valence-electron chi connectivity index (χ1n) is 10.6. The molecule has 7 heteroatoms. The number of rotatable bonds is 7. The number of hydrogen-bond donors (Lipinski definition) is 3. The Morgan fingerprint density at radius 1 is 1.16 bits per heavy atom. The number of aryl methyl sites for hydroxylation is 1. The maximum atomic E-state index is 13.6. The predicted octanol–water partition coefficient (Wildman–Crippen LogP) is 5.58. The minimum Gasteiger partial charge on any atom is -0.481 e. The highest BCUT2D eigenvalue weighted by atomic mass is 35.5.